The molecule has 0 bridgehead atoms. The Morgan fingerprint density at radius 1 is 1.15 bits per heavy atom. The Bertz CT molecular complexity index is 571. The van der Waals surface area contributed by atoms with Gasteiger partial charge in [0, 0.05) is 5.54 Å². The Kier molecular flexibility index (Phi) is 4.84. The van der Waals surface area contributed by atoms with Crippen molar-refractivity contribution in [1.29, 1.82) is 0 Å². The summed E-state index contributed by atoms with van der Waals surface area (Å²) in [6.07, 6.45) is 3.44. The quantitative estimate of drug-likeness (QED) is 0.820. The highest BCUT2D eigenvalue weighted by Gasteiger charge is 2.19. The average molecular weight is 310 g/mol. The van der Waals surface area contributed by atoms with Crippen LogP contribution in [0.15, 0.2) is 36.5 Å². The number of benzene rings is 1. The number of hydrogen-bond donors (Lipinski definition) is 1. The van der Waals surface area contributed by atoms with E-state index in [1.165, 1.54) is 11.8 Å². The molecule has 20 heavy (non-hydrogen) atoms. The molecule has 0 saturated carbocycles. The molecule has 2 rings (SSSR count). The van der Waals surface area contributed by atoms with E-state index in [0.717, 1.165) is 12.8 Å². The number of halogens is 2. The summed E-state index contributed by atoms with van der Waals surface area (Å²) in [6.45, 7) is 4.23. The summed E-state index contributed by atoms with van der Waals surface area (Å²) in [7, 11) is 0. The standard InChI is InChI=1S/C15H17Cl2N3/c1-15(2,9-8-11-6-4-3-5-7-11)20-13-12(16)10-18-14(17)19-13/h3-7,10H,8-9H2,1-2H3,(H,18,19,20). The minimum absolute atomic E-state index is 0.142. The maximum atomic E-state index is 6.07. The summed E-state index contributed by atoms with van der Waals surface area (Å²) in [5, 5.41) is 3.99. The van der Waals surface area contributed by atoms with Crippen molar-refractivity contribution < 1.29 is 0 Å². The maximum absolute atomic E-state index is 6.07. The van der Waals surface area contributed by atoms with Gasteiger partial charge in [-0.25, -0.2) is 4.98 Å². The van der Waals surface area contributed by atoms with E-state index in [0.29, 0.717) is 10.8 Å². The van der Waals surface area contributed by atoms with Gasteiger partial charge in [-0.05, 0) is 43.9 Å². The van der Waals surface area contributed by atoms with Crippen molar-refractivity contribution in [1.82, 2.24) is 9.97 Å². The Balaban J connectivity index is 2.01. The molecule has 0 amide bonds. The van der Waals surface area contributed by atoms with Crippen molar-refractivity contribution in [3.8, 4) is 0 Å². The van der Waals surface area contributed by atoms with E-state index in [2.05, 4.69) is 53.4 Å². The van der Waals surface area contributed by atoms with Crippen LogP contribution in [0, 0.1) is 0 Å². The van der Waals surface area contributed by atoms with Crippen LogP contribution in [0.2, 0.25) is 10.3 Å². The number of anilines is 1. The van der Waals surface area contributed by atoms with Gasteiger partial charge in [-0.2, -0.15) is 4.98 Å². The van der Waals surface area contributed by atoms with E-state index >= 15 is 0 Å². The summed E-state index contributed by atoms with van der Waals surface area (Å²) < 4.78 is 0. The summed E-state index contributed by atoms with van der Waals surface area (Å²) in [4.78, 5) is 7.97. The largest absolute Gasteiger partial charge is 0.364 e. The zero-order valence-corrected chi connectivity index (χ0v) is 13.0. The fourth-order valence-electron chi connectivity index (χ4n) is 1.92. The van der Waals surface area contributed by atoms with Gasteiger partial charge in [-0.1, -0.05) is 41.9 Å². The van der Waals surface area contributed by atoms with Gasteiger partial charge in [0.25, 0.3) is 0 Å². The highest BCUT2D eigenvalue weighted by atomic mass is 35.5. The molecule has 0 aliphatic rings. The first-order chi connectivity index (χ1) is 9.46. The molecule has 0 aliphatic carbocycles. The molecule has 0 atom stereocenters. The second kappa shape index (κ2) is 6.42. The molecule has 1 aromatic heterocycles. The molecule has 0 radical (unpaired) electrons. The average Bonchev–Trinajstić information content (AvgIpc) is 2.42. The zero-order valence-electron chi connectivity index (χ0n) is 11.5. The molecular weight excluding hydrogens is 293 g/mol. The predicted octanol–water partition coefficient (Wildman–Crippen LogP) is 4.61. The molecule has 0 unspecified atom stereocenters. The second-order valence-electron chi connectivity index (χ2n) is 5.33. The fraction of sp³-hybridized carbons (Fsp3) is 0.333. The van der Waals surface area contributed by atoms with Gasteiger partial charge in [0.2, 0.25) is 5.28 Å². The number of rotatable bonds is 5. The number of nitrogens with one attached hydrogen (secondary N) is 1. The normalized spacial score (nSPS) is 11.4. The van der Waals surface area contributed by atoms with Gasteiger partial charge >= 0.3 is 0 Å². The first-order valence-corrected chi connectivity index (χ1v) is 7.22. The molecule has 1 aromatic carbocycles. The Hall–Kier alpha value is -1.32. The lowest BCUT2D eigenvalue weighted by Crippen LogP contribution is -2.32. The van der Waals surface area contributed by atoms with Crippen LogP contribution < -0.4 is 5.32 Å². The van der Waals surface area contributed by atoms with Crippen molar-refractivity contribution in [3.05, 3.63) is 52.4 Å². The minimum atomic E-state index is -0.142. The van der Waals surface area contributed by atoms with E-state index in [9.17, 15) is 0 Å². The van der Waals surface area contributed by atoms with Crippen LogP contribution in [0.5, 0.6) is 0 Å². The van der Waals surface area contributed by atoms with E-state index in [1.54, 1.807) is 0 Å². The van der Waals surface area contributed by atoms with Crippen LogP contribution in [0.1, 0.15) is 25.8 Å². The van der Waals surface area contributed by atoms with Gasteiger partial charge in [0.1, 0.15) is 10.8 Å². The topological polar surface area (TPSA) is 37.8 Å². The fourth-order valence-corrected chi connectivity index (χ4v) is 2.19. The van der Waals surface area contributed by atoms with Crippen LogP contribution in [-0.2, 0) is 6.42 Å². The van der Waals surface area contributed by atoms with Crippen molar-refractivity contribution in [2.24, 2.45) is 0 Å². The predicted molar refractivity (Wildman–Crippen MR) is 84.5 cm³/mol. The lowest BCUT2D eigenvalue weighted by molar-refractivity contribution is 0.516. The minimum Gasteiger partial charge on any atom is -0.364 e. The molecule has 0 spiro atoms. The van der Waals surface area contributed by atoms with E-state index < -0.39 is 0 Å². The number of hydrogen-bond acceptors (Lipinski definition) is 3. The summed E-state index contributed by atoms with van der Waals surface area (Å²) in [5.41, 5.74) is 1.17. The molecule has 0 saturated heterocycles. The van der Waals surface area contributed by atoms with E-state index in [-0.39, 0.29) is 10.8 Å². The number of aromatic nitrogens is 2. The smallest absolute Gasteiger partial charge is 0.224 e. The molecule has 2 aromatic rings. The number of aryl methyl sites for hydroxylation is 1. The molecular formula is C15H17Cl2N3. The zero-order chi connectivity index (χ0) is 14.6. The Labute approximate surface area is 129 Å². The van der Waals surface area contributed by atoms with Gasteiger partial charge in [-0.15, -0.1) is 0 Å². The Morgan fingerprint density at radius 3 is 2.55 bits per heavy atom. The molecule has 0 fully saturated rings. The molecule has 5 heteroatoms. The van der Waals surface area contributed by atoms with Crippen molar-refractivity contribution in [2.45, 2.75) is 32.2 Å². The number of nitrogens with zero attached hydrogens (tertiary/aromatic N) is 2. The van der Waals surface area contributed by atoms with Gasteiger partial charge in [0.15, 0.2) is 0 Å². The third-order valence-electron chi connectivity index (χ3n) is 3.05. The highest BCUT2D eigenvalue weighted by Crippen LogP contribution is 2.25. The van der Waals surface area contributed by atoms with E-state index in [4.69, 9.17) is 23.2 Å². The molecule has 1 heterocycles. The van der Waals surface area contributed by atoms with Gasteiger partial charge < -0.3 is 5.32 Å². The third-order valence-corrected chi connectivity index (χ3v) is 3.51. The van der Waals surface area contributed by atoms with Gasteiger partial charge in [-0.3, -0.25) is 0 Å². The van der Waals surface area contributed by atoms with Crippen LogP contribution >= 0.6 is 23.2 Å². The van der Waals surface area contributed by atoms with Crippen LogP contribution in [-0.4, -0.2) is 15.5 Å². The van der Waals surface area contributed by atoms with Crippen LogP contribution in [0.25, 0.3) is 0 Å². The first kappa shape index (κ1) is 15.1. The molecule has 1 N–H and O–H groups in total. The van der Waals surface area contributed by atoms with Crippen molar-refractivity contribution >= 4 is 29.0 Å². The van der Waals surface area contributed by atoms with Crippen molar-refractivity contribution in [3.63, 3.8) is 0 Å². The van der Waals surface area contributed by atoms with E-state index in [1.807, 2.05) is 6.07 Å². The molecule has 3 nitrogen and oxygen atoms in total. The third kappa shape index (κ3) is 4.36. The second-order valence-corrected chi connectivity index (χ2v) is 6.08. The highest BCUT2D eigenvalue weighted by molar-refractivity contribution is 6.33. The first-order valence-electron chi connectivity index (χ1n) is 6.46. The Morgan fingerprint density at radius 2 is 1.85 bits per heavy atom. The van der Waals surface area contributed by atoms with Crippen molar-refractivity contribution in [2.75, 3.05) is 5.32 Å². The summed E-state index contributed by atoms with van der Waals surface area (Å²) >= 11 is 11.9. The van der Waals surface area contributed by atoms with Gasteiger partial charge in [0.05, 0.1) is 6.20 Å². The summed E-state index contributed by atoms with van der Waals surface area (Å²) in [5.74, 6) is 0.574. The maximum Gasteiger partial charge on any atom is 0.224 e. The monoisotopic (exact) mass is 309 g/mol. The summed E-state index contributed by atoms with van der Waals surface area (Å²) in [6, 6.07) is 10.4. The lowest BCUT2D eigenvalue weighted by Gasteiger charge is -2.27. The molecule has 106 valence electrons. The van der Waals surface area contributed by atoms with Crippen LogP contribution in [0.4, 0.5) is 5.82 Å². The lowest BCUT2D eigenvalue weighted by atomic mass is 9.95. The SMILES string of the molecule is CC(C)(CCc1ccccc1)Nc1nc(Cl)ncc1Cl. The molecule has 0 aliphatic heterocycles. The van der Waals surface area contributed by atoms with Crippen LogP contribution in [0.3, 0.4) is 0 Å².